The van der Waals surface area contributed by atoms with Gasteiger partial charge in [0.2, 0.25) is 5.89 Å². The van der Waals surface area contributed by atoms with Crippen molar-refractivity contribution < 1.29 is 9.21 Å². The lowest BCUT2D eigenvalue weighted by Crippen LogP contribution is -2.25. The zero-order valence-electron chi connectivity index (χ0n) is 14.6. The number of rotatable bonds is 8. The topological polar surface area (TPSA) is 81.1 Å². The maximum absolute atomic E-state index is 12.2. The molecule has 3 N–H and O–H groups in total. The van der Waals surface area contributed by atoms with Gasteiger partial charge in [0.1, 0.15) is 6.26 Å². The first kappa shape index (κ1) is 17.9. The maximum Gasteiger partial charge on any atom is 0.273 e. The Kier molecular flexibility index (Phi) is 6.17. The van der Waals surface area contributed by atoms with E-state index in [1.54, 1.807) is 0 Å². The lowest BCUT2D eigenvalue weighted by Gasteiger charge is -2.07. The second-order valence-electron chi connectivity index (χ2n) is 6.21. The van der Waals surface area contributed by atoms with Crippen LogP contribution >= 0.6 is 0 Å². The van der Waals surface area contributed by atoms with Crippen LogP contribution in [0.3, 0.4) is 0 Å². The third-order valence-corrected chi connectivity index (χ3v) is 4.14. The summed E-state index contributed by atoms with van der Waals surface area (Å²) in [5.41, 5.74) is 8.77. The van der Waals surface area contributed by atoms with Crippen molar-refractivity contribution in [3.63, 3.8) is 0 Å². The largest absolute Gasteiger partial charge is 0.446 e. The Labute approximate surface area is 153 Å². The lowest BCUT2D eigenvalue weighted by molar-refractivity contribution is 0.0948. The summed E-state index contributed by atoms with van der Waals surface area (Å²) in [5, 5.41) is 2.87. The fourth-order valence-electron chi connectivity index (χ4n) is 2.75. The minimum absolute atomic E-state index is 0.236. The molecule has 0 aliphatic carbocycles. The Morgan fingerprint density at radius 2 is 1.69 bits per heavy atom. The number of aryl methyl sites for hydroxylation is 1. The summed E-state index contributed by atoms with van der Waals surface area (Å²) in [6, 6.07) is 19.7. The van der Waals surface area contributed by atoms with E-state index in [-0.39, 0.29) is 17.6 Å². The average Bonchev–Trinajstić information content (AvgIpc) is 3.17. The molecular weight excluding hydrogens is 326 g/mol. The third kappa shape index (κ3) is 5.04. The van der Waals surface area contributed by atoms with Crippen LogP contribution in [0.25, 0.3) is 0 Å². The zero-order chi connectivity index (χ0) is 18.2. The quantitative estimate of drug-likeness (QED) is 0.612. The monoisotopic (exact) mass is 349 g/mol. The summed E-state index contributed by atoms with van der Waals surface area (Å²) in [7, 11) is 0. The van der Waals surface area contributed by atoms with Crippen LogP contribution in [0.2, 0.25) is 0 Å². The van der Waals surface area contributed by atoms with Gasteiger partial charge in [-0.25, -0.2) is 4.98 Å². The normalized spacial score (nSPS) is 11.9. The molecule has 0 aliphatic heterocycles. The number of aromatic nitrogens is 1. The van der Waals surface area contributed by atoms with E-state index in [0.717, 1.165) is 18.4 Å². The molecule has 5 heteroatoms. The second kappa shape index (κ2) is 8.97. The van der Waals surface area contributed by atoms with Crippen LogP contribution in [0.1, 0.15) is 40.0 Å². The highest BCUT2D eigenvalue weighted by molar-refractivity contribution is 5.91. The van der Waals surface area contributed by atoms with Gasteiger partial charge in [-0.3, -0.25) is 4.79 Å². The molecule has 3 aromatic rings. The summed E-state index contributed by atoms with van der Waals surface area (Å²) in [6.45, 7) is 0.589. The molecule has 0 radical (unpaired) electrons. The molecule has 0 aliphatic rings. The first-order valence-corrected chi connectivity index (χ1v) is 8.79. The fraction of sp³-hybridized carbons (Fsp3) is 0.238. The van der Waals surface area contributed by atoms with Crippen LogP contribution in [-0.4, -0.2) is 17.4 Å². The fourth-order valence-corrected chi connectivity index (χ4v) is 2.75. The summed E-state index contributed by atoms with van der Waals surface area (Å²) >= 11 is 0. The number of nitrogens with two attached hydrogens (primary N) is 1. The highest BCUT2D eigenvalue weighted by Gasteiger charge is 2.17. The van der Waals surface area contributed by atoms with Crippen molar-refractivity contribution in [1.82, 2.24) is 10.3 Å². The Hall–Kier alpha value is -2.92. The minimum atomic E-state index is -0.378. The van der Waals surface area contributed by atoms with E-state index in [0.29, 0.717) is 18.9 Å². The summed E-state index contributed by atoms with van der Waals surface area (Å²) in [6.07, 6.45) is 3.77. The highest BCUT2D eigenvalue weighted by Crippen LogP contribution is 2.15. The Morgan fingerprint density at radius 3 is 2.38 bits per heavy atom. The van der Waals surface area contributed by atoms with Crippen LogP contribution < -0.4 is 11.1 Å². The number of nitrogens with zero attached hydrogens (tertiary/aromatic N) is 1. The van der Waals surface area contributed by atoms with E-state index in [2.05, 4.69) is 22.4 Å². The second-order valence-corrected chi connectivity index (χ2v) is 6.21. The molecule has 0 fully saturated rings. The number of nitrogens with one attached hydrogen (secondary N) is 1. The van der Waals surface area contributed by atoms with Gasteiger partial charge < -0.3 is 15.5 Å². The van der Waals surface area contributed by atoms with Gasteiger partial charge in [0.05, 0.1) is 6.04 Å². The molecule has 3 rings (SSSR count). The van der Waals surface area contributed by atoms with Crippen LogP contribution in [0.5, 0.6) is 0 Å². The van der Waals surface area contributed by atoms with Gasteiger partial charge in [-0.05, 0) is 30.4 Å². The number of oxazole rings is 1. The van der Waals surface area contributed by atoms with Crippen LogP contribution in [0.15, 0.2) is 71.3 Å². The Balaban J connectivity index is 1.46. The smallest absolute Gasteiger partial charge is 0.273 e. The molecule has 0 saturated heterocycles. The first-order chi connectivity index (χ1) is 12.7. The van der Waals surface area contributed by atoms with E-state index in [9.17, 15) is 4.79 Å². The minimum Gasteiger partial charge on any atom is -0.446 e. The Bertz CT molecular complexity index is 816. The van der Waals surface area contributed by atoms with E-state index < -0.39 is 0 Å². The zero-order valence-corrected chi connectivity index (χ0v) is 14.6. The van der Waals surface area contributed by atoms with Gasteiger partial charge in [0, 0.05) is 6.54 Å². The average molecular weight is 349 g/mol. The molecule has 0 spiro atoms. The molecule has 0 saturated carbocycles. The first-order valence-electron chi connectivity index (χ1n) is 8.79. The number of amides is 1. The molecule has 26 heavy (non-hydrogen) atoms. The van der Waals surface area contributed by atoms with Crippen molar-refractivity contribution in [3.8, 4) is 0 Å². The van der Waals surface area contributed by atoms with E-state index in [1.807, 2.05) is 48.5 Å². The van der Waals surface area contributed by atoms with Gasteiger partial charge >= 0.3 is 0 Å². The van der Waals surface area contributed by atoms with Crippen molar-refractivity contribution in [2.75, 3.05) is 6.54 Å². The molecular formula is C21H23N3O2. The van der Waals surface area contributed by atoms with Crippen molar-refractivity contribution in [2.45, 2.75) is 25.3 Å². The molecule has 2 aromatic carbocycles. The van der Waals surface area contributed by atoms with E-state index in [4.69, 9.17) is 10.2 Å². The van der Waals surface area contributed by atoms with Gasteiger partial charge in [0.25, 0.3) is 5.91 Å². The molecule has 1 atom stereocenters. The molecule has 1 aromatic heterocycles. The number of carbonyl (C=O) groups is 1. The van der Waals surface area contributed by atoms with Gasteiger partial charge in [-0.15, -0.1) is 0 Å². The number of carbonyl (C=O) groups excluding carboxylic acids is 1. The highest BCUT2D eigenvalue weighted by atomic mass is 16.3. The van der Waals surface area contributed by atoms with Crippen molar-refractivity contribution in [1.29, 1.82) is 0 Å². The number of hydrogen-bond acceptors (Lipinski definition) is 4. The van der Waals surface area contributed by atoms with E-state index in [1.165, 1.54) is 11.8 Å². The third-order valence-electron chi connectivity index (χ3n) is 4.14. The van der Waals surface area contributed by atoms with Gasteiger partial charge in [-0.1, -0.05) is 60.7 Å². The molecule has 1 amide bonds. The Morgan fingerprint density at radius 1 is 1.04 bits per heavy atom. The van der Waals surface area contributed by atoms with Crippen molar-refractivity contribution >= 4 is 5.91 Å². The van der Waals surface area contributed by atoms with Crippen LogP contribution in [-0.2, 0) is 12.8 Å². The van der Waals surface area contributed by atoms with Gasteiger partial charge in [-0.2, -0.15) is 0 Å². The SMILES string of the molecule is NC(Cc1ccccc1)c1nc(C(=O)NCCCc2ccccc2)co1. The predicted octanol–water partition coefficient (Wildman–Crippen LogP) is 3.28. The van der Waals surface area contributed by atoms with Crippen molar-refractivity contribution in [2.24, 2.45) is 5.73 Å². The van der Waals surface area contributed by atoms with Gasteiger partial charge in [0.15, 0.2) is 5.69 Å². The molecule has 5 nitrogen and oxygen atoms in total. The van der Waals surface area contributed by atoms with Crippen LogP contribution in [0.4, 0.5) is 0 Å². The molecule has 0 bridgehead atoms. The number of benzene rings is 2. The molecule has 1 unspecified atom stereocenters. The van der Waals surface area contributed by atoms with Crippen LogP contribution in [0, 0.1) is 0 Å². The molecule has 1 heterocycles. The maximum atomic E-state index is 12.2. The number of hydrogen-bond donors (Lipinski definition) is 2. The standard InChI is InChI=1S/C21H23N3O2/c22-18(14-17-10-5-2-6-11-17)21-24-19(15-26-21)20(25)23-13-7-12-16-8-3-1-4-9-16/h1-6,8-11,15,18H,7,12-14,22H2,(H,23,25). The predicted molar refractivity (Wildman–Crippen MR) is 101 cm³/mol. The summed E-state index contributed by atoms with van der Waals surface area (Å²) in [5.74, 6) is 0.142. The van der Waals surface area contributed by atoms with Crippen molar-refractivity contribution in [3.05, 3.63) is 89.6 Å². The van der Waals surface area contributed by atoms with E-state index >= 15 is 0 Å². The lowest BCUT2D eigenvalue weighted by atomic mass is 10.1. The summed E-state index contributed by atoms with van der Waals surface area (Å²) in [4.78, 5) is 16.4. The molecule has 134 valence electrons. The summed E-state index contributed by atoms with van der Waals surface area (Å²) < 4.78 is 5.40.